The van der Waals surface area contributed by atoms with Crippen LogP contribution in [0.3, 0.4) is 0 Å². The number of nitrogens with zero attached hydrogens (tertiary/aromatic N) is 3. The molecule has 0 amide bonds. The smallest absolute Gasteiger partial charge is 0.354 e. The van der Waals surface area contributed by atoms with Gasteiger partial charge in [-0.2, -0.15) is 5.26 Å². The van der Waals surface area contributed by atoms with Crippen molar-refractivity contribution in [2.75, 3.05) is 13.1 Å². The maximum atomic E-state index is 12.1. The van der Waals surface area contributed by atoms with Crippen LogP contribution in [0, 0.1) is 23.7 Å². The number of carbonyl (C=O) groups excluding carboxylic acids is 1. The van der Waals surface area contributed by atoms with Crippen molar-refractivity contribution >= 4 is 17.4 Å². The highest BCUT2D eigenvalue weighted by Crippen LogP contribution is 2.54. The number of likely N-dealkylation sites (tertiary alicyclic amines) is 1. The molecule has 2 heterocycles. The van der Waals surface area contributed by atoms with E-state index in [2.05, 4.69) is 9.88 Å². The van der Waals surface area contributed by atoms with Gasteiger partial charge in [-0.1, -0.05) is 0 Å². The zero-order chi connectivity index (χ0) is 18.2. The molecule has 1 saturated carbocycles. The van der Waals surface area contributed by atoms with Crippen molar-refractivity contribution in [1.82, 2.24) is 9.88 Å². The normalized spacial score (nSPS) is 19.2. The SMILES string of the molecule is CC(=O)/C(C#N)=C(\c1cc(C(=O)O)ncc1C)N1CCC2(CC1)CC2. The molecule has 1 aromatic heterocycles. The Morgan fingerprint density at radius 2 is 1.92 bits per heavy atom. The molecule has 0 radical (unpaired) electrons. The molecular weight excluding hydrogens is 318 g/mol. The monoisotopic (exact) mass is 339 g/mol. The van der Waals surface area contributed by atoms with Crippen LogP contribution in [-0.2, 0) is 4.79 Å². The van der Waals surface area contributed by atoms with Gasteiger partial charge in [-0.15, -0.1) is 0 Å². The first-order chi connectivity index (χ1) is 11.9. The first-order valence-electron chi connectivity index (χ1n) is 8.47. The van der Waals surface area contributed by atoms with E-state index in [0.717, 1.165) is 31.5 Å². The standard InChI is InChI=1S/C19H21N3O3/c1-12-11-21-16(18(24)25)9-14(12)17(15(10-20)13(2)23)22-7-5-19(3-4-19)6-8-22/h9,11H,3-8H2,1-2H3,(H,24,25)/b17-15+. The minimum absolute atomic E-state index is 0.0809. The number of aromatic nitrogens is 1. The van der Waals surface area contributed by atoms with E-state index in [-0.39, 0.29) is 17.1 Å². The Morgan fingerprint density at radius 1 is 1.28 bits per heavy atom. The Balaban J connectivity index is 2.09. The summed E-state index contributed by atoms with van der Waals surface area (Å²) >= 11 is 0. The number of carboxylic acid groups (broad SMARTS) is 1. The fraction of sp³-hybridized carbons (Fsp3) is 0.474. The van der Waals surface area contributed by atoms with Gasteiger partial charge in [0.2, 0.25) is 0 Å². The van der Waals surface area contributed by atoms with Gasteiger partial charge < -0.3 is 10.0 Å². The molecule has 3 rings (SSSR count). The van der Waals surface area contributed by atoms with Crippen LogP contribution in [0.15, 0.2) is 17.8 Å². The third kappa shape index (κ3) is 3.27. The summed E-state index contributed by atoms with van der Waals surface area (Å²) in [6.45, 7) is 4.74. The zero-order valence-corrected chi connectivity index (χ0v) is 14.5. The van der Waals surface area contributed by atoms with Crippen LogP contribution in [0.1, 0.15) is 54.2 Å². The molecule has 0 unspecified atom stereocenters. The van der Waals surface area contributed by atoms with E-state index in [9.17, 15) is 20.0 Å². The van der Waals surface area contributed by atoms with E-state index < -0.39 is 5.97 Å². The first kappa shape index (κ1) is 17.2. The molecule has 1 N–H and O–H groups in total. The predicted molar refractivity (Wildman–Crippen MR) is 91.6 cm³/mol. The van der Waals surface area contributed by atoms with Crippen LogP contribution in [0.25, 0.3) is 5.70 Å². The third-order valence-electron chi connectivity index (χ3n) is 5.38. The molecule has 1 aliphatic heterocycles. The molecule has 130 valence electrons. The highest BCUT2D eigenvalue weighted by atomic mass is 16.4. The van der Waals surface area contributed by atoms with Gasteiger partial charge in [0.1, 0.15) is 17.3 Å². The Kier molecular flexibility index (Phi) is 4.34. The predicted octanol–water partition coefficient (Wildman–Crippen LogP) is 2.79. The zero-order valence-electron chi connectivity index (χ0n) is 14.5. The number of rotatable bonds is 4. The number of ketones is 1. The number of piperidine rings is 1. The van der Waals surface area contributed by atoms with Crippen LogP contribution >= 0.6 is 0 Å². The number of carboxylic acids is 1. The molecule has 0 atom stereocenters. The summed E-state index contributed by atoms with van der Waals surface area (Å²) in [5, 5.41) is 18.8. The van der Waals surface area contributed by atoms with Crippen molar-refractivity contribution in [2.45, 2.75) is 39.5 Å². The molecule has 6 heteroatoms. The number of aromatic carboxylic acids is 1. The molecule has 2 fully saturated rings. The van der Waals surface area contributed by atoms with Gasteiger partial charge in [0, 0.05) is 24.8 Å². The second-order valence-corrected chi connectivity index (χ2v) is 7.07. The number of allylic oxidation sites excluding steroid dienone is 1. The van der Waals surface area contributed by atoms with Gasteiger partial charge in [0.15, 0.2) is 5.78 Å². The lowest BCUT2D eigenvalue weighted by Crippen LogP contribution is -2.34. The number of nitriles is 1. The van der Waals surface area contributed by atoms with Crippen LogP contribution in [0.2, 0.25) is 0 Å². The van der Waals surface area contributed by atoms with Gasteiger partial charge in [0.05, 0.1) is 5.70 Å². The fourth-order valence-corrected chi connectivity index (χ4v) is 3.54. The van der Waals surface area contributed by atoms with E-state index in [4.69, 9.17) is 0 Å². The summed E-state index contributed by atoms with van der Waals surface area (Å²) < 4.78 is 0. The third-order valence-corrected chi connectivity index (χ3v) is 5.38. The van der Waals surface area contributed by atoms with Crippen molar-refractivity contribution < 1.29 is 14.7 Å². The minimum atomic E-state index is -1.13. The van der Waals surface area contributed by atoms with Crippen LogP contribution < -0.4 is 0 Å². The molecule has 0 bridgehead atoms. The van der Waals surface area contributed by atoms with Crippen molar-refractivity contribution in [3.05, 3.63) is 34.7 Å². The molecule has 6 nitrogen and oxygen atoms in total. The summed E-state index contributed by atoms with van der Waals surface area (Å²) in [5.74, 6) is -1.44. The number of carbonyl (C=O) groups is 2. The average Bonchev–Trinajstić information content (AvgIpc) is 3.33. The van der Waals surface area contributed by atoms with Crippen LogP contribution in [-0.4, -0.2) is 39.8 Å². The van der Waals surface area contributed by atoms with Gasteiger partial charge in [-0.25, -0.2) is 9.78 Å². The molecule has 0 aromatic carbocycles. The number of pyridine rings is 1. The first-order valence-corrected chi connectivity index (χ1v) is 8.47. The van der Waals surface area contributed by atoms with Gasteiger partial charge in [0.25, 0.3) is 0 Å². The maximum Gasteiger partial charge on any atom is 0.354 e. The van der Waals surface area contributed by atoms with Gasteiger partial charge in [-0.05, 0) is 56.6 Å². The molecule has 1 aliphatic carbocycles. The lowest BCUT2D eigenvalue weighted by Gasteiger charge is -2.36. The Hall–Kier alpha value is -2.68. The second-order valence-electron chi connectivity index (χ2n) is 7.07. The molecule has 1 spiro atoms. The quantitative estimate of drug-likeness (QED) is 0.669. The Bertz CT molecular complexity index is 806. The van der Waals surface area contributed by atoms with E-state index >= 15 is 0 Å². The van der Waals surface area contributed by atoms with E-state index in [1.165, 1.54) is 32.0 Å². The molecule has 2 aliphatic rings. The average molecular weight is 339 g/mol. The Morgan fingerprint density at radius 3 is 2.40 bits per heavy atom. The fourth-order valence-electron chi connectivity index (χ4n) is 3.54. The van der Waals surface area contributed by atoms with Crippen molar-refractivity contribution in [3.8, 4) is 6.07 Å². The van der Waals surface area contributed by atoms with Crippen LogP contribution in [0.5, 0.6) is 0 Å². The molecule has 25 heavy (non-hydrogen) atoms. The lowest BCUT2D eigenvalue weighted by atomic mass is 9.91. The lowest BCUT2D eigenvalue weighted by molar-refractivity contribution is -0.113. The summed E-state index contributed by atoms with van der Waals surface area (Å²) in [4.78, 5) is 29.4. The van der Waals surface area contributed by atoms with Crippen molar-refractivity contribution in [2.24, 2.45) is 5.41 Å². The van der Waals surface area contributed by atoms with Crippen LogP contribution in [0.4, 0.5) is 0 Å². The van der Waals surface area contributed by atoms with Crippen molar-refractivity contribution in [3.63, 3.8) is 0 Å². The van der Waals surface area contributed by atoms with E-state index in [1.807, 2.05) is 13.0 Å². The largest absolute Gasteiger partial charge is 0.477 e. The maximum absolute atomic E-state index is 12.1. The van der Waals surface area contributed by atoms with E-state index in [1.54, 1.807) is 0 Å². The molecular formula is C19H21N3O3. The summed E-state index contributed by atoms with van der Waals surface area (Å²) in [7, 11) is 0. The summed E-state index contributed by atoms with van der Waals surface area (Å²) in [6.07, 6.45) is 6.09. The highest BCUT2D eigenvalue weighted by molar-refractivity contribution is 6.05. The second kappa shape index (κ2) is 6.32. The highest BCUT2D eigenvalue weighted by Gasteiger charge is 2.45. The number of aryl methyl sites for hydroxylation is 1. The molecule has 1 aromatic rings. The van der Waals surface area contributed by atoms with Gasteiger partial charge >= 0.3 is 5.97 Å². The minimum Gasteiger partial charge on any atom is -0.477 e. The number of Topliss-reactive ketones (excluding diaryl/α,β-unsaturated/α-hetero) is 1. The summed E-state index contributed by atoms with van der Waals surface area (Å²) in [6, 6.07) is 3.50. The van der Waals surface area contributed by atoms with Crippen molar-refractivity contribution in [1.29, 1.82) is 5.26 Å². The summed E-state index contributed by atoms with van der Waals surface area (Å²) in [5.41, 5.74) is 2.36. The molecule has 1 saturated heterocycles. The van der Waals surface area contributed by atoms with E-state index in [0.29, 0.717) is 16.7 Å². The number of hydrogen-bond donors (Lipinski definition) is 1. The van der Waals surface area contributed by atoms with Gasteiger partial charge in [-0.3, -0.25) is 4.79 Å². The topological polar surface area (TPSA) is 94.3 Å². The Labute approximate surface area is 146 Å². The number of hydrogen-bond acceptors (Lipinski definition) is 5.